The van der Waals surface area contributed by atoms with Crippen LogP contribution in [0.1, 0.15) is 25.3 Å². The number of hydrogen-bond donors (Lipinski definition) is 1. The van der Waals surface area contributed by atoms with Gasteiger partial charge in [-0.25, -0.2) is 4.39 Å². The maximum Gasteiger partial charge on any atom is 0.123 e. The Morgan fingerprint density at radius 1 is 1.44 bits per heavy atom. The quantitative estimate of drug-likeness (QED) is 0.877. The van der Waals surface area contributed by atoms with Crippen LogP contribution in [0.3, 0.4) is 0 Å². The fraction of sp³-hybridized carbons (Fsp3) is 0.538. The first kappa shape index (κ1) is 11.9. The second kappa shape index (κ2) is 4.76. The van der Waals surface area contributed by atoms with Crippen LogP contribution in [0.25, 0.3) is 0 Å². The van der Waals surface area contributed by atoms with Gasteiger partial charge < -0.3 is 5.73 Å². The van der Waals surface area contributed by atoms with Crippen LogP contribution in [0.5, 0.6) is 0 Å². The maximum absolute atomic E-state index is 12.8. The Bertz CT molecular complexity index is 343. The van der Waals surface area contributed by atoms with Gasteiger partial charge in [-0.3, -0.25) is 0 Å². The summed E-state index contributed by atoms with van der Waals surface area (Å²) in [6.45, 7) is 2.25. The molecule has 1 aromatic rings. The monoisotopic (exact) mass is 239 g/mol. The van der Waals surface area contributed by atoms with E-state index in [0.29, 0.717) is 0 Å². The smallest absolute Gasteiger partial charge is 0.123 e. The van der Waals surface area contributed by atoms with Crippen molar-refractivity contribution in [3.05, 3.63) is 35.6 Å². The maximum atomic E-state index is 12.8. The molecule has 88 valence electrons. The fourth-order valence-corrected chi connectivity index (χ4v) is 3.52. The molecule has 0 radical (unpaired) electrons. The summed E-state index contributed by atoms with van der Waals surface area (Å²) in [5.41, 5.74) is 7.40. The van der Waals surface area contributed by atoms with Crippen molar-refractivity contribution in [1.29, 1.82) is 0 Å². The molecule has 0 aromatic heterocycles. The van der Waals surface area contributed by atoms with Crippen LogP contribution in [0.2, 0.25) is 0 Å². The van der Waals surface area contributed by atoms with Crippen molar-refractivity contribution in [3.63, 3.8) is 0 Å². The highest BCUT2D eigenvalue weighted by molar-refractivity contribution is 8.00. The molecule has 0 saturated carbocycles. The molecule has 1 saturated heterocycles. The van der Waals surface area contributed by atoms with Gasteiger partial charge in [-0.1, -0.05) is 12.1 Å². The molecule has 0 amide bonds. The molecule has 0 spiro atoms. The first-order valence-electron chi connectivity index (χ1n) is 5.74. The molecule has 1 aromatic carbocycles. The van der Waals surface area contributed by atoms with Gasteiger partial charge in [-0.2, -0.15) is 11.8 Å². The van der Waals surface area contributed by atoms with Crippen LogP contribution in [0.4, 0.5) is 4.39 Å². The van der Waals surface area contributed by atoms with Crippen LogP contribution in [0.15, 0.2) is 24.3 Å². The molecular formula is C13H18FNS. The normalized spacial score (nSPS) is 26.9. The predicted molar refractivity (Wildman–Crippen MR) is 68.2 cm³/mol. The Morgan fingerprint density at radius 3 is 2.69 bits per heavy atom. The molecule has 2 rings (SSSR count). The summed E-state index contributed by atoms with van der Waals surface area (Å²) < 4.78 is 13.0. The fourth-order valence-electron chi connectivity index (χ4n) is 2.18. The predicted octanol–water partition coefficient (Wildman–Crippen LogP) is 2.98. The third kappa shape index (κ3) is 2.58. The topological polar surface area (TPSA) is 26.0 Å². The zero-order valence-electron chi connectivity index (χ0n) is 9.58. The van der Waals surface area contributed by atoms with Crippen LogP contribution >= 0.6 is 11.8 Å². The molecule has 1 heterocycles. The van der Waals surface area contributed by atoms with E-state index in [1.807, 2.05) is 23.9 Å². The van der Waals surface area contributed by atoms with E-state index >= 15 is 0 Å². The zero-order chi connectivity index (χ0) is 11.6. The number of thioether (sulfide) groups is 1. The Labute approximate surface area is 101 Å². The molecular weight excluding hydrogens is 221 g/mol. The second-order valence-electron chi connectivity index (χ2n) is 4.70. The van der Waals surface area contributed by atoms with Crippen molar-refractivity contribution in [2.45, 2.75) is 37.0 Å². The van der Waals surface area contributed by atoms with E-state index in [1.54, 1.807) is 0 Å². The minimum absolute atomic E-state index is 0.158. The van der Waals surface area contributed by atoms with Crippen molar-refractivity contribution >= 4 is 11.8 Å². The molecule has 1 aliphatic heterocycles. The van der Waals surface area contributed by atoms with E-state index in [1.165, 1.54) is 30.7 Å². The van der Waals surface area contributed by atoms with E-state index in [-0.39, 0.29) is 16.6 Å². The number of hydrogen-bond acceptors (Lipinski definition) is 2. The minimum Gasteiger partial charge on any atom is -0.326 e. The highest BCUT2D eigenvalue weighted by atomic mass is 32.2. The number of rotatable bonds is 3. The van der Waals surface area contributed by atoms with Gasteiger partial charge in [0.1, 0.15) is 5.82 Å². The molecule has 16 heavy (non-hydrogen) atoms. The van der Waals surface area contributed by atoms with Crippen molar-refractivity contribution in [1.82, 2.24) is 0 Å². The van der Waals surface area contributed by atoms with E-state index in [0.717, 1.165) is 12.0 Å². The molecule has 0 aliphatic carbocycles. The van der Waals surface area contributed by atoms with Crippen LogP contribution < -0.4 is 5.73 Å². The van der Waals surface area contributed by atoms with Gasteiger partial charge in [0.2, 0.25) is 0 Å². The first-order valence-corrected chi connectivity index (χ1v) is 6.73. The molecule has 2 unspecified atom stereocenters. The average Bonchev–Trinajstić information content (AvgIpc) is 2.70. The number of nitrogens with two attached hydrogens (primary N) is 1. The second-order valence-corrected chi connectivity index (χ2v) is 6.33. The average molecular weight is 239 g/mol. The summed E-state index contributed by atoms with van der Waals surface area (Å²) in [4.78, 5) is 0. The van der Waals surface area contributed by atoms with Gasteiger partial charge in [0.15, 0.2) is 0 Å². The summed E-state index contributed by atoms with van der Waals surface area (Å²) in [7, 11) is 0. The van der Waals surface area contributed by atoms with Crippen molar-refractivity contribution in [2.24, 2.45) is 5.73 Å². The van der Waals surface area contributed by atoms with E-state index in [2.05, 4.69) is 6.92 Å². The van der Waals surface area contributed by atoms with Crippen LogP contribution in [-0.2, 0) is 6.42 Å². The van der Waals surface area contributed by atoms with Crippen molar-refractivity contribution in [2.75, 3.05) is 5.75 Å². The van der Waals surface area contributed by atoms with Gasteiger partial charge in [0, 0.05) is 10.8 Å². The van der Waals surface area contributed by atoms with Crippen molar-refractivity contribution < 1.29 is 4.39 Å². The van der Waals surface area contributed by atoms with Gasteiger partial charge in [-0.05, 0) is 49.6 Å². The van der Waals surface area contributed by atoms with E-state index in [4.69, 9.17) is 5.73 Å². The lowest BCUT2D eigenvalue weighted by Crippen LogP contribution is -2.42. The largest absolute Gasteiger partial charge is 0.326 e. The number of benzene rings is 1. The Morgan fingerprint density at radius 2 is 2.12 bits per heavy atom. The third-order valence-electron chi connectivity index (χ3n) is 3.40. The summed E-state index contributed by atoms with van der Waals surface area (Å²) in [5.74, 6) is 1.03. The van der Waals surface area contributed by atoms with Crippen LogP contribution in [0, 0.1) is 5.82 Å². The number of halogens is 1. The summed E-state index contributed by atoms with van der Waals surface area (Å²) in [5, 5.41) is 0. The highest BCUT2D eigenvalue weighted by Gasteiger charge is 2.35. The minimum atomic E-state index is -0.182. The third-order valence-corrected chi connectivity index (χ3v) is 5.06. The molecule has 1 aliphatic rings. The SMILES string of the molecule is CC1(C(N)Cc2ccc(F)cc2)CCCS1. The zero-order valence-corrected chi connectivity index (χ0v) is 10.4. The molecule has 2 N–H and O–H groups in total. The standard InChI is InChI=1S/C13H18FNS/c1-13(7-2-8-16-13)12(15)9-10-3-5-11(14)6-4-10/h3-6,12H,2,7-9,15H2,1H3. The van der Waals surface area contributed by atoms with Gasteiger partial charge in [0.05, 0.1) is 0 Å². The molecule has 1 nitrogen and oxygen atoms in total. The van der Waals surface area contributed by atoms with Crippen molar-refractivity contribution in [3.8, 4) is 0 Å². The van der Waals surface area contributed by atoms with E-state index in [9.17, 15) is 4.39 Å². The highest BCUT2D eigenvalue weighted by Crippen LogP contribution is 2.40. The molecule has 3 heteroatoms. The lowest BCUT2D eigenvalue weighted by atomic mass is 9.91. The lowest BCUT2D eigenvalue weighted by Gasteiger charge is -2.30. The summed E-state index contributed by atoms with van der Waals surface area (Å²) in [6.07, 6.45) is 3.29. The summed E-state index contributed by atoms with van der Waals surface area (Å²) >= 11 is 1.98. The first-order chi connectivity index (χ1) is 7.60. The molecule has 0 bridgehead atoms. The van der Waals surface area contributed by atoms with Gasteiger partial charge >= 0.3 is 0 Å². The Balaban J connectivity index is 2.01. The van der Waals surface area contributed by atoms with Crippen LogP contribution in [-0.4, -0.2) is 16.5 Å². The molecule has 1 fully saturated rings. The van der Waals surface area contributed by atoms with Gasteiger partial charge in [0.25, 0.3) is 0 Å². The Hall–Kier alpha value is -0.540. The van der Waals surface area contributed by atoms with E-state index < -0.39 is 0 Å². The van der Waals surface area contributed by atoms with Gasteiger partial charge in [-0.15, -0.1) is 0 Å². The molecule has 2 atom stereocenters. The Kier molecular flexibility index (Phi) is 3.55. The summed E-state index contributed by atoms with van der Waals surface area (Å²) in [6, 6.07) is 6.83. The lowest BCUT2D eigenvalue weighted by molar-refractivity contribution is 0.482.